The normalized spacial score (nSPS) is 19.3. The molecule has 172 valence electrons. The molecule has 0 saturated heterocycles. The first-order valence-electron chi connectivity index (χ1n) is 9.12. The van der Waals surface area contributed by atoms with E-state index in [0.29, 0.717) is 0 Å². The Hall–Kier alpha value is -1.54. The number of carbonyl (C=O) groups excluding carboxylic acids is 1. The van der Waals surface area contributed by atoms with Crippen LogP contribution >= 0.6 is 23.1 Å². The molecule has 1 amide bonds. The fourth-order valence-corrected chi connectivity index (χ4v) is 9.53. The third-order valence-electron chi connectivity index (χ3n) is 4.49. The van der Waals surface area contributed by atoms with Crippen LogP contribution in [-0.2, 0) is 24.9 Å². The molecule has 1 aromatic carbocycles. The zero-order valence-corrected chi connectivity index (χ0v) is 21.8. The quantitative estimate of drug-likeness (QED) is 0.386. The van der Waals surface area contributed by atoms with Gasteiger partial charge in [0.1, 0.15) is 0 Å². The fraction of sp³-hybridized carbons (Fsp3) is 0.278. The van der Waals surface area contributed by atoms with Gasteiger partial charge in [0, 0.05) is 0 Å². The van der Waals surface area contributed by atoms with Gasteiger partial charge >= 0.3 is 202 Å². The van der Waals surface area contributed by atoms with Crippen molar-refractivity contribution in [3.05, 3.63) is 45.9 Å². The summed E-state index contributed by atoms with van der Waals surface area (Å²) in [6, 6.07) is 7.76. The van der Waals surface area contributed by atoms with Gasteiger partial charge in [0.05, 0.1) is 0 Å². The van der Waals surface area contributed by atoms with Gasteiger partial charge < -0.3 is 0 Å². The van der Waals surface area contributed by atoms with E-state index in [2.05, 4.69) is 0 Å². The van der Waals surface area contributed by atoms with Crippen molar-refractivity contribution in [1.82, 2.24) is 4.72 Å². The number of sulfonamides is 1. The molecule has 0 aliphatic carbocycles. The SMILES string of the molecule is Cc1ccc2c(c1)N(CC(=O)NS(C)(=O)=O)C(=CC1Sc3ccsc3N1CS(=O)(=O)[O-])[Se]2. The summed E-state index contributed by atoms with van der Waals surface area (Å²) in [6.07, 6.45) is 2.79. The molecule has 0 radical (unpaired) electrons. The molecule has 0 bridgehead atoms. The van der Waals surface area contributed by atoms with Gasteiger partial charge in [-0.05, 0) is 0 Å². The van der Waals surface area contributed by atoms with Crippen molar-refractivity contribution in [2.24, 2.45) is 0 Å². The molecule has 32 heavy (non-hydrogen) atoms. The van der Waals surface area contributed by atoms with Gasteiger partial charge in [-0.3, -0.25) is 0 Å². The second-order valence-electron chi connectivity index (χ2n) is 7.22. The molecule has 14 heteroatoms. The average Bonchev–Trinajstić information content (AvgIpc) is 3.29. The molecular formula is C18H18N3O6S4Se-. The summed E-state index contributed by atoms with van der Waals surface area (Å²) in [6.45, 7) is 1.73. The third-order valence-corrected chi connectivity index (χ3v) is 10.4. The van der Waals surface area contributed by atoms with Crippen molar-refractivity contribution in [2.45, 2.75) is 17.2 Å². The van der Waals surface area contributed by atoms with Crippen LogP contribution in [0, 0.1) is 6.92 Å². The predicted octanol–water partition coefficient (Wildman–Crippen LogP) is 0.564. The Kier molecular flexibility index (Phi) is 6.40. The van der Waals surface area contributed by atoms with Crippen molar-refractivity contribution >= 4 is 79.3 Å². The number of rotatable bonds is 6. The van der Waals surface area contributed by atoms with Gasteiger partial charge in [-0.1, -0.05) is 0 Å². The van der Waals surface area contributed by atoms with E-state index in [1.807, 2.05) is 47.4 Å². The second-order valence-corrected chi connectivity index (χ2v) is 14.6. The minimum atomic E-state index is -4.51. The molecule has 1 unspecified atom stereocenters. The molecule has 1 aromatic heterocycles. The van der Waals surface area contributed by atoms with E-state index in [4.69, 9.17) is 0 Å². The Labute approximate surface area is 200 Å². The van der Waals surface area contributed by atoms with Crippen LogP contribution in [0.4, 0.5) is 10.7 Å². The van der Waals surface area contributed by atoms with E-state index in [1.165, 1.54) is 23.1 Å². The molecular weight excluding hydrogens is 561 g/mol. The summed E-state index contributed by atoms with van der Waals surface area (Å²) in [7, 11) is -8.21. The summed E-state index contributed by atoms with van der Waals surface area (Å²) >= 11 is 2.61. The maximum atomic E-state index is 12.4. The van der Waals surface area contributed by atoms with Gasteiger partial charge in [0.25, 0.3) is 0 Å². The summed E-state index contributed by atoms with van der Waals surface area (Å²) in [5, 5.41) is 2.12. The van der Waals surface area contributed by atoms with Crippen LogP contribution in [0.15, 0.2) is 45.2 Å². The first-order valence-corrected chi connectivity index (χ1v) is 16.1. The number of thioether (sulfide) groups is 1. The Morgan fingerprint density at radius 1 is 1.28 bits per heavy atom. The summed E-state index contributed by atoms with van der Waals surface area (Å²) < 4.78 is 61.4. The summed E-state index contributed by atoms with van der Waals surface area (Å²) in [5.74, 6) is -1.32. The molecule has 1 N–H and O–H groups in total. The zero-order chi connectivity index (χ0) is 23.3. The van der Waals surface area contributed by atoms with Gasteiger partial charge in [0.15, 0.2) is 0 Å². The van der Waals surface area contributed by atoms with Crippen molar-refractivity contribution in [3.8, 4) is 0 Å². The number of aryl methyl sites for hydroxylation is 1. The van der Waals surface area contributed by atoms with Crippen LogP contribution in [0.1, 0.15) is 5.56 Å². The van der Waals surface area contributed by atoms with E-state index < -0.39 is 37.3 Å². The van der Waals surface area contributed by atoms with E-state index in [1.54, 1.807) is 9.80 Å². The van der Waals surface area contributed by atoms with Crippen molar-refractivity contribution in [3.63, 3.8) is 0 Å². The Morgan fingerprint density at radius 3 is 2.72 bits per heavy atom. The van der Waals surface area contributed by atoms with Gasteiger partial charge in [-0.2, -0.15) is 0 Å². The molecule has 0 spiro atoms. The number of amides is 1. The number of carbonyl (C=O) groups is 1. The Bertz CT molecular complexity index is 1320. The molecule has 1 atom stereocenters. The molecule has 3 heterocycles. The minimum absolute atomic E-state index is 0.188. The molecule has 0 fully saturated rings. The van der Waals surface area contributed by atoms with E-state index in [0.717, 1.165) is 36.5 Å². The number of thiophene rings is 1. The number of anilines is 2. The van der Waals surface area contributed by atoms with Crippen LogP contribution in [0.2, 0.25) is 0 Å². The van der Waals surface area contributed by atoms with Crippen LogP contribution in [0.5, 0.6) is 0 Å². The average molecular weight is 580 g/mol. The van der Waals surface area contributed by atoms with Gasteiger partial charge in [-0.15, -0.1) is 0 Å². The third kappa shape index (κ3) is 5.33. The molecule has 2 aliphatic rings. The molecule has 4 rings (SSSR count). The van der Waals surface area contributed by atoms with Crippen molar-refractivity contribution in [2.75, 3.05) is 28.5 Å². The van der Waals surface area contributed by atoms with Crippen LogP contribution in [0.25, 0.3) is 0 Å². The molecule has 9 nitrogen and oxygen atoms in total. The van der Waals surface area contributed by atoms with Crippen molar-refractivity contribution < 1.29 is 26.2 Å². The Morgan fingerprint density at radius 2 is 2.03 bits per heavy atom. The van der Waals surface area contributed by atoms with Crippen LogP contribution in [0.3, 0.4) is 0 Å². The Balaban J connectivity index is 1.68. The van der Waals surface area contributed by atoms with E-state index in [9.17, 15) is 26.2 Å². The number of benzene rings is 1. The predicted molar refractivity (Wildman–Crippen MR) is 126 cm³/mol. The number of hydrogen-bond acceptors (Lipinski definition) is 10. The van der Waals surface area contributed by atoms with Crippen molar-refractivity contribution in [1.29, 1.82) is 0 Å². The maximum absolute atomic E-state index is 12.4. The second kappa shape index (κ2) is 8.67. The topological polar surface area (TPSA) is 127 Å². The number of nitrogens with zero attached hydrogens (tertiary/aromatic N) is 2. The number of nitrogens with one attached hydrogen (secondary N) is 1. The monoisotopic (exact) mass is 580 g/mol. The zero-order valence-electron chi connectivity index (χ0n) is 16.8. The van der Waals surface area contributed by atoms with Crippen LogP contribution in [-0.4, -0.2) is 66.3 Å². The molecule has 2 aliphatic heterocycles. The summed E-state index contributed by atoms with van der Waals surface area (Å²) in [4.78, 5) is 16.6. The molecule has 0 saturated carbocycles. The summed E-state index contributed by atoms with van der Waals surface area (Å²) in [5.41, 5.74) is 1.81. The number of hydrogen-bond donors (Lipinski definition) is 1. The standard InChI is InChI=1S/C18H19N3O6S4Se/c1-11-3-4-14-12(7-11)20(9-15(22)19-30(2,23)24)17(32-14)8-16-21(10-31(25,26)27)18-13(29-16)5-6-28-18/h3-8,16H,9-10H2,1-2H3,(H,19,22)(H,25,26,27)/p-1. The first kappa shape index (κ1) is 23.6. The van der Waals surface area contributed by atoms with E-state index >= 15 is 0 Å². The van der Waals surface area contributed by atoms with Crippen LogP contribution < -0.4 is 19.0 Å². The first-order chi connectivity index (χ1) is 14.9. The van der Waals surface area contributed by atoms with Gasteiger partial charge in [0.2, 0.25) is 0 Å². The van der Waals surface area contributed by atoms with E-state index in [-0.39, 0.29) is 21.5 Å². The van der Waals surface area contributed by atoms with Gasteiger partial charge in [-0.25, -0.2) is 0 Å². The number of fused-ring (bicyclic) bond motifs is 2. The fourth-order valence-electron chi connectivity index (χ4n) is 3.33. The molecule has 2 aromatic rings.